The molecular weight excluding hydrogens is 256 g/mol. The van der Waals surface area contributed by atoms with Gasteiger partial charge in [-0.1, -0.05) is 6.92 Å². The highest BCUT2D eigenvalue weighted by Crippen LogP contribution is 2.34. The number of anilines is 2. The first-order valence-corrected chi connectivity index (χ1v) is 6.53. The molecule has 0 fully saturated rings. The molecule has 1 atom stereocenters. The van der Waals surface area contributed by atoms with E-state index in [1.165, 1.54) is 0 Å². The van der Waals surface area contributed by atoms with Gasteiger partial charge in [0.25, 0.3) is 0 Å². The van der Waals surface area contributed by atoms with Gasteiger partial charge in [-0.15, -0.1) is 0 Å². The van der Waals surface area contributed by atoms with Crippen LogP contribution in [0.4, 0.5) is 11.5 Å². The molecule has 1 aliphatic heterocycles. The molecule has 1 aliphatic rings. The number of aromatic nitrogens is 2. The van der Waals surface area contributed by atoms with Gasteiger partial charge in [0.05, 0.1) is 16.7 Å². The van der Waals surface area contributed by atoms with Crippen LogP contribution in [0.3, 0.4) is 0 Å². The zero-order valence-electron chi connectivity index (χ0n) is 11.4. The highest BCUT2D eigenvalue weighted by molar-refractivity contribution is 6.08. The fourth-order valence-corrected chi connectivity index (χ4v) is 2.27. The van der Waals surface area contributed by atoms with Gasteiger partial charge in [-0.2, -0.15) is 0 Å². The molecule has 20 heavy (non-hydrogen) atoms. The van der Waals surface area contributed by atoms with Crippen LogP contribution in [0.5, 0.6) is 0 Å². The Labute approximate surface area is 116 Å². The van der Waals surface area contributed by atoms with E-state index < -0.39 is 5.97 Å². The van der Waals surface area contributed by atoms with Crippen LogP contribution >= 0.6 is 0 Å². The topological polar surface area (TPSA) is 90.1 Å². The molecule has 0 bridgehead atoms. The highest BCUT2D eigenvalue weighted by Gasteiger charge is 2.33. The molecule has 6 nitrogen and oxygen atoms in total. The lowest BCUT2D eigenvalue weighted by Crippen LogP contribution is -2.38. The lowest BCUT2D eigenvalue weighted by molar-refractivity contribution is 0.0450. The first-order valence-electron chi connectivity index (χ1n) is 6.53. The summed E-state index contributed by atoms with van der Waals surface area (Å²) in [6.45, 7) is 4.32. The predicted molar refractivity (Wildman–Crippen MR) is 76.6 cm³/mol. The third-order valence-electron chi connectivity index (χ3n) is 3.70. The van der Waals surface area contributed by atoms with Crippen molar-refractivity contribution in [2.24, 2.45) is 0 Å². The maximum atomic E-state index is 12.2. The molecule has 0 amide bonds. The summed E-state index contributed by atoms with van der Waals surface area (Å²) in [6, 6.07) is 3.61. The summed E-state index contributed by atoms with van der Waals surface area (Å²) in [6.07, 6.45) is 2.47. The molecule has 0 saturated carbocycles. The molecule has 2 aromatic heterocycles. The summed E-state index contributed by atoms with van der Waals surface area (Å²) in [4.78, 5) is 20.7. The third-order valence-corrected chi connectivity index (χ3v) is 3.70. The molecule has 3 rings (SSSR count). The second kappa shape index (κ2) is 4.33. The largest absolute Gasteiger partial charge is 0.459 e. The summed E-state index contributed by atoms with van der Waals surface area (Å²) in [5.74, 6) is -0.291. The molecule has 0 aliphatic carbocycles. The Kier molecular flexibility index (Phi) is 2.74. The van der Waals surface area contributed by atoms with Crippen molar-refractivity contribution in [3.63, 3.8) is 0 Å². The number of hydrogen-bond donors (Lipinski definition) is 2. The van der Waals surface area contributed by atoms with Crippen molar-refractivity contribution in [3.8, 4) is 0 Å². The van der Waals surface area contributed by atoms with Crippen molar-refractivity contribution >= 4 is 28.5 Å². The lowest BCUT2D eigenvalue weighted by Gasteiger charge is -2.28. The van der Waals surface area contributed by atoms with Gasteiger partial charge in [-0.3, -0.25) is 4.98 Å². The minimum Gasteiger partial charge on any atom is -0.459 e. The number of pyridine rings is 2. The number of nitrogens with zero attached hydrogens (tertiary/aromatic N) is 2. The van der Waals surface area contributed by atoms with E-state index in [0.717, 1.165) is 6.42 Å². The molecule has 104 valence electrons. The third kappa shape index (κ3) is 1.84. The molecule has 6 heteroatoms. The van der Waals surface area contributed by atoms with Gasteiger partial charge in [0, 0.05) is 6.20 Å². The normalized spacial score (nSPS) is 21.8. The number of ether oxygens (including phenoxy) is 1. The van der Waals surface area contributed by atoms with E-state index in [1.807, 2.05) is 19.9 Å². The second-order valence-corrected chi connectivity index (χ2v) is 5.23. The molecule has 2 aromatic rings. The zero-order chi connectivity index (χ0) is 14.3. The fourth-order valence-electron chi connectivity index (χ4n) is 2.27. The number of carbonyl (C=O) groups excluding carboxylic acids is 1. The van der Waals surface area contributed by atoms with Crippen molar-refractivity contribution in [2.45, 2.75) is 25.8 Å². The molecule has 3 heterocycles. The van der Waals surface area contributed by atoms with E-state index in [9.17, 15) is 4.79 Å². The van der Waals surface area contributed by atoms with E-state index in [0.29, 0.717) is 16.7 Å². The summed E-state index contributed by atoms with van der Waals surface area (Å²) in [7, 11) is 0. The van der Waals surface area contributed by atoms with E-state index in [-0.39, 0.29) is 23.5 Å². The quantitative estimate of drug-likeness (QED) is 0.771. The molecule has 0 unspecified atom stereocenters. The van der Waals surface area contributed by atoms with Crippen molar-refractivity contribution in [2.75, 3.05) is 17.7 Å². The Balaban J connectivity index is 2.32. The Morgan fingerprint density at radius 3 is 3.10 bits per heavy atom. The number of fused-ring (bicyclic) bond motifs is 3. The van der Waals surface area contributed by atoms with Crippen molar-refractivity contribution in [1.82, 2.24) is 9.97 Å². The standard InChI is InChI=1S/C14H16N4O2/c1-3-14(2)7-20-13(19)9-11(18-14)10-8(17-12(9)15)5-4-6-16-10/h4-6,18H,3,7H2,1-2H3,(H2,15,17)/t14-/m1/s1. The van der Waals surface area contributed by atoms with Crippen LogP contribution in [0.25, 0.3) is 11.0 Å². The Hall–Kier alpha value is -2.37. The van der Waals surface area contributed by atoms with E-state index in [1.54, 1.807) is 12.3 Å². The first kappa shape index (κ1) is 12.7. The lowest BCUT2D eigenvalue weighted by atomic mass is 9.99. The monoisotopic (exact) mass is 272 g/mol. The average molecular weight is 272 g/mol. The van der Waals surface area contributed by atoms with Gasteiger partial charge in [-0.25, -0.2) is 9.78 Å². The molecular formula is C14H16N4O2. The number of nitrogens with two attached hydrogens (primary N) is 1. The molecule has 0 spiro atoms. The number of cyclic esters (lactones) is 1. The van der Waals surface area contributed by atoms with Crippen LogP contribution < -0.4 is 11.1 Å². The fraction of sp³-hybridized carbons (Fsp3) is 0.357. The predicted octanol–water partition coefficient (Wildman–Crippen LogP) is 1.96. The Bertz CT molecular complexity index is 701. The van der Waals surface area contributed by atoms with Crippen LogP contribution in [-0.4, -0.2) is 28.1 Å². The maximum absolute atomic E-state index is 12.2. The number of esters is 1. The van der Waals surface area contributed by atoms with E-state index >= 15 is 0 Å². The summed E-state index contributed by atoms with van der Waals surface area (Å²) in [5, 5.41) is 3.37. The number of nitrogen functional groups attached to an aromatic ring is 1. The number of nitrogens with one attached hydrogen (secondary N) is 1. The zero-order valence-corrected chi connectivity index (χ0v) is 11.4. The summed E-state index contributed by atoms with van der Waals surface area (Å²) >= 11 is 0. The minimum atomic E-state index is -0.456. The molecule has 0 radical (unpaired) electrons. The van der Waals surface area contributed by atoms with Gasteiger partial charge in [0.2, 0.25) is 0 Å². The molecule has 0 saturated heterocycles. The van der Waals surface area contributed by atoms with Crippen molar-refractivity contribution in [3.05, 3.63) is 23.9 Å². The maximum Gasteiger partial charge on any atom is 0.344 e. The van der Waals surface area contributed by atoms with E-state index in [4.69, 9.17) is 10.5 Å². The van der Waals surface area contributed by atoms with Crippen LogP contribution in [0, 0.1) is 0 Å². The van der Waals surface area contributed by atoms with Crippen LogP contribution in [0.15, 0.2) is 18.3 Å². The van der Waals surface area contributed by atoms with Crippen LogP contribution in [0.1, 0.15) is 30.6 Å². The van der Waals surface area contributed by atoms with Gasteiger partial charge in [-0.05, 0) is 25.5 Å². The van der Waals surface area contributed by atoms with Gasteiger partial charge >= 0.3 is 5.97 Å². The van der Waals surface area contributed by atoms with Gasteiger partial charge < -0.3 is 15.8 Å². The Morgan fingerprint density at radius 2 is 2.35 bits per heavy atom. The summed E-state index contributed by atoms with van der Waals surface area (Å²) in [5.41, 5.74) is 7.74. The Morgan fingerprint density at radius 1 is 1.55 bits per heavy atom. The van der Waals surface area contributed by atoms with Crippen LogP contribution in [-0.2, 0) is 4.74 Å². The second-order valence-electron chi connectivity index (χ2n) is 5.23. The van der Waals surface area contributed by atoms with Crippen molar-refractivity contribution < 1.29 is 9.53 Å². The average Bonchev–Trinajstić information content (AvgIpc) is 2.58. The first-order chi connectivity index (χ1) is 9.54. The number of hydrogen-bond acceptors (Lipinski definition) is 6. The van der Waals surface area contributed by atoms with Crippen LogP contribution in [0.2, 0.25) is 0 Å². The number of rotatable bonds is 1. The van der Waals surface area contributed by atoms with Crippen molar-refractivity contribution in [1.29, 1.82) is 0 Å². The highest BCUT2D eigenvalue weighted by atomic mass is 16.5. The SMILES string of the molecule is CC[C@]1(C)COC(=O)c2c(N)nc3cccnc3c2N1. The molecule has 3 N–H and O–H groups in total. The number of carbonyl (C=O) groups is 1. The van der Waals surface area contributed by atoms with Gasteiger partial charge in [0.15, 0.2) is 0 Å². The summed E-state index contributed by atoms with van der Waals surface area (Å²) < 4.78 is 5.32. The smallest absolute Gasteiger partial charge is 0.344 e. The van der Waals surface area contributed by atoms with E-state index in [2.05, 4.69) is 15.3 Å². The molecule has 0 aromatic carbocycles. The van der Waals surface area contributed by atoms with Gasteiger partial charge in [0.1, 0.15) is 23.5 Å². The minimum absolute atomic E-state index is 0.165.